The number of ether oxygens (including phenoxy) is 1. The number of rotatable bonds is 9. The monoisotopic (exact) mass is 400 g/mol. The van der Waals surface area contributed by atoms with Crippen molar-refractivity contribution in [2.75, 3.05) is 13.7 Å². The van der Waals surface area contributed by atoms with Gasteiger partial charge in [0, 0.05) is 18.7 Å². The van der Waals surface area contributed by atoms with E-state index in [1.54, 1.807) is 44.4 Å². The van der Waals surface area contributed by atoms with Gasteiger partial charge >= 0.3 is 0 Å². The molecule has 0 heterocycles. The average molecular weight is 400 g/mol. The maximum absolute atomic E-state index is 14.2. The van der Waals surface area contributed by atoms with E-state index in [1.807, 2.05) is 26.0 Å². The van der Waals surface area contributed by atoms with Crippen molar-refractivity contribution in [3.05, 3.63) is 65.5 Å². The summed E-state index contributed by atoms with van der Waals surface area (Å²) in [6, 6.07) is 12.7. The fraction of sp³-hybridized carbons (Fsp3) is 0.391. The van der Waals surface area contributed by atoms with Crippen LogP contribution < -0.4 is 10.1 Å². The van der Waals surface area contributed by atoms with Gasteiger partial charge in [0.2, 0.25) is 11.8 Å². The molecule has 0 radical (unpaired) electrons. The Labute approximate surface area is 171 Å². The van der Waals surface area contributed by atoms with Crippen molar-refractivity contribution in [2.45, 2.75) is 39.8 Å². The Hall–Kier alpha value is -2.89. The molecule has 2 amide bonds. The average Bonchev–Trinajstić information content (AvgIpc) is 2.71. The lowest BCUT2D eigenvalue weighted by Gasteiger charge is -2.29. The molecule has 5 nitrogen and oxygen atoms in total. The van der Waals surface area contributed by atoms with Crippen molar-refractivity contribution >= 4 is 11.8 Å². The second-order valence-corrected chi connectivity index (χ2v) is 7.45. The zero-order valence-corrected chi connectivity index (χ0v) is 17.4. The van der Waals surface area contributed by atoms with Crippen LogP contribution in [0.25, 0.3) is 0 Å². The smallest absolute Gasteiger partial charge is 0.242 e. The predicted molar refractivity (Wildman–Crippen MR) is 111 cm³/mol. The molecule has 0 saturated carbocycles. The van der Waals surface area contributed by atoms with E-state index >= 15 is 0 Å². The first kappa shape index (κ1) is 22.4. The SMILES string of the molecule is COc1ccc(CC(=O)N(Cc2ccccc2F)[C@@H](C)C(=O)NCC(C)C)cc1. The molecule has 29 heavy (non-hydrogen) atoms. The number of hydrogen-bond donors (Lipinski definition) is 1. The van der Waals surface area contributed by atoms with E-state index in [1.165, 1.54) is 11.0 Å². The highest BCUT2D eigenvalue weighted by atomic mass is 19.1. The topological polar surface area (TPSA) is 58.6 Å². The van der Waals surface area contributed by atoms with Gasteiger partial charge in [0.15, 0.2) is 0 Å². The van der Waals surface area contributed by atoms with Gasteiger partial charge in [-0.15, -0.1) is 0 Å². The zero-order valence-electron chi connectivity index (χ0n) is 17.4. The predicted octanol–water partition coefficient (Wildman–Crippen LogP) is 3.57. The highest BCUT2D eigenvalue weighted by Crippen LogP contribution is 2.17. The molecule has 2 rings (SSSR count). The van der Waals surface area contributed by atoms with Crippen LogP contribution in [-0.2, 0) is 22.6 Å². The summed E-state index contributed by atoms with van der Waals surface area (Å²) in [7, 11) is 1.58. The number of halogens is 1. The molecule has 6 heteroatoms. The normalized spacial score (nSPS) is 11.8. The molecular weight excluding hydrogens is 371 g/mol. The maximum Gasteiger partial charge on any atom is 0.242 e. The number of nitrogens with one attached hydrogen (secondary N) is 1. The summed E-state index contributed by atoms with van der Waals surface area (Å²) in [4.78, 5) is 27.1. The summed E-state index contributed by atoms with van der Waals surface area (Å²) >= 11 is 0. The highest BCUT2D eigenvalue weighted by molar-refractivity contribution is 5.88. The minimum absolute atomic E-state index is 0.0257. The van der Waals surface area contributed by atoms with E-state index in [4.69, 9.17) is 4.74 Å². The lowest BCUT2D eigenvalue weighted by molar-refractivity contribution is -0.140. The zero-order chi connectivity index (χ0) is 21.4. The molecular formula is C23H29FN2O3. The first-order valence-corrected chi connectivity index (χ1v) is 9.75. The molecule has 0 aliphatic rings. The van der Waals surface area contributed by atoms with Crippen molar-refractivity contribution in [2.24, 2.45) is 5.92 Å². The summed E-state index contributed by atoms with van der Waals surface area (Å²) < 4.78 is 19.3. The molecule has 2 aromatic rings. The lowest BCUT2D eigenvalue weighted by Crippen LogP contribution is -2.48. The standard InChI is InChI=1S/C23H29FN2O3/c1-16(2)14-25-23(28)17(3)26(15-19-7-5-6-8-21(19)24)22(27)13-18-9-11-20(29-4)12-10-18/h5-12,16-17H,13-15H2,1-4H3,(H,25,28)/t17-/m0/s1. The van der Waals surface area contributed by atoms with Crippen molar-refractivity contribution in [3.8, 4) is 5.75 Å². The largest absolute Gasteiger partial charge is 0.497 e. The third kappa shape index (κ3) is 6.59. The van der Waals surface area contributed by atoms with Crippen LogP contribution in [0.1, 0.15) is 31.9 Å². The number of nitrogens with zero attached hydrogens (tertiary/aromatic N) is 1. The first-order chi connectivity index (χ1) is 13.8. The molecule has 0 unspecified atom stereocenters. The second kappa shape index (κ2) is 10.6. The van der Waals surface area contributed by atoms with E-state index in [-0.39, 0.29) is 24.8 Å². The molecule has 0 aliphatic heterocycles. The molecule has 0 fully saturated rings. The molecule has 0 aromatic heterocycles. The Bertz CT molecular complexity index is 821. The van der Waals surface area contributed by atoms with Gasteiger partial charge < -0.3 is 15.0 Å². The maximum atomic E-state index is 14.2. The Kier molecular flexibility index (Phi) is 8.19. The second-order valence-electron chi connectivity index (χ2n) is 7.45. The van der Waals surface area contributed by atoms with Crippen LogP contribution in [-0.4, -0.2) is 36.4 Å². The fourth-order valence-corrected chi connectivity index (χ4v) is 2.86. The molecule has 0 saturated heterocycles. The van der Waals surface area contributed by atoms with Gasteiger partial charge in [-0.25, -0.2) is 4.39 Å². The van der Waals surface area contributed by atoms with Gasteiger partial charge in [0.1, 0.15) is 17.6 Å². The summed E-state index contributed by atoms with van der Waals surface area (Å²) in [6.07, 6.45) is 0.111. The number of carbonyl (C=O) groups is 2. The van der Waals surface area contributed by atoms with Crippen molar-refractivity contribution < 1.29 is 18.7 Å². The number of benzene rings is 2. The van der Waals surface area contributed by atoms with Gasteiger partial charge in [-0.1, -0.05) is 44.2 Å². The van der Waals surface area contributed by atoms with Gasteiger partial charge in [0.25, 0.3) is 0 Å². The summed E-state index contributed by atoms with van der Waals surface area (Å²) in [6.45, 7) is 6.21. The first-order valence-electron chi connectivity index (χ1n) is 9.75. The van der Waals surface area contributed by atoms with Crippen LogP contribution in [0.3, 0.4) is 0 Å². The van der Waals surface area contributed by atoms with E-state index in [0.29, 0.717) is 23.8 Å². The molecule has 1 N–H and O–H groups in total. The van der Waals surface area contributed by atoms with Crippen LogP contribution in [0.5, 0.6) is 5.75 Å². The Morgan fingerprint density at radius 3 is 2.31 bits per heavy atom. The van der Waals surface area contributed by atoms with E-state index < -0.39 is 11.9 Å². The van der Waals surface area contributed by atoms with Crippen molar-refractivity contribution in [1.82, 2.24) is 10.2 Å². The van der Waals surface area contributed by atoms with Crippen LogP contribution in [0, 0.1) is 11.7 Å². The van der Waals surface area contributed by atoms with E-state index in [0.717, 1.165) is 5.56 Å². The van der Waals surface area contributed by atoms with Crippen LogP contribution >= 0.6 is 0 Å². The Morgan fingerprint density at radius 2 is 1.72 bits per heavy atom. The molecule has 0 spiro atoms. The Balaban J connectivity index is 2.20. The molecule has 0 aliphatic carbocycles. The van der Waals surface area contributed by atoms with Crippen LogP contribution in [0.15, 0.2) is 48.5 Å². The van der Waals surface area contributed by atoms with Gasteiger partial charge in [-0.3, -0.25) is 9.59 Å². The Morgan fingerprint density at radius 1 is 1.07 bits per heavy atom. The van der Waals surface area contributed by atoms with Gasteiger partial charge in [-0.2, -0.15) is 0 Å². The van der Waals surface area contributed by atoms with Crippen molar-refractivity contribution in [1.29, 1.82) is 0 Å². The fourth-order valence-electron chi connectivity index (χ4n) is 2.86. The highest BCUT2D eigenvalue weighted by Gasteiger charge is 2.27. The summed E-state index contributed by atoms with van der Waals surface area (Å²) in [5.41, 5.74) is 1.17. The minimum atomic E-state index is -0.723. The van der Waals surface area contributed by atoms with Gasteiger partial charge in [-0.05, 0) is 36.6 Å². The summed E-state index contributed by atoms with van der Waals surface area (Å²) in [5, 5.41) is 2.85. The number of amides is 2. The molecule has 156 valence electrons. The van der Waals surface area contributed by atoms with Crippen molar-refractivity contribution in [3.63, 3.8) is 0 Å². The summed E-state index contributed by atoms with van der Waals surface area (Å²) in [5.74, 6) is 0.0975. The molecule has 0 bridgehead atoms. The minimum Gasteiger partial charge on any atom is -0.497 e. The number of methoxy groups -OCH3 is 1. The third-order valence-corrected chi connectivity index (χ3v) is 4.66. The lowest BCUT2D eigenvalue weighted by atomic mass is 10.1. The van der Waals surface area contributed by atoms with E-state index in [2.05, 4.69) is 5.32 Å². The van der Waals surface area contributed by atoms with E-state index in [9.17, 15) is 14.0 Å². The third-order valence-electron chi connectivity index (χ3n) is 4.66. The van der Waals surface area contributed by atoms with Gasteiger partial charge in [0.05, 0.1) is 13.5 Å². The molecule has 1 atom stereocenters. The number of hydrogen-bond acceptors (Lipinski definition) is 3. The van der Waals surface area contributed by atoms with Crippen LogP contribution in [0.4, 0.5) is 4.39 Å². The quantitative estimate of drug-likeness (QED) is 0.700. The van der Waals surface area contributed by atoms with Crippen LogP contribution in [0.2, 0.25) is 0 Å². The molecule has 2 aromatic carbocycles. The number of carbonyl (C=O) groups excluding carboxylic acids is 2.